The molecule has 11 nitrogen and oxygen atoms in total. The Bertz CT molecular complexity index is 1230. The van der Waals surface area contributed by atoms with Gasteiger partial charge in [-0.2, -0.15) is 0 Å². The predicted octanol–water partition coefficient (Wildman–Crippen LogP) is 12.3. The summed E-state index contributed by atoms with van der Waals surface area (Å²) in [4.78, 5) is 25.0. The maximum Gasteiger partial charge on any atom is 0.305 e. The molecule has 398 valence electrons. The number of aliphatic hydroxyl groups is 5. The lowest BCUT2D eigenvalue weighted by Gasteiger charge is -2.40. The van der Waals surface area contributed by atoms with Gasteiger partial charge in [-0.1, -0.05) is 204 Å². The maximum absolute atomic E-state index is 13.0. The van der Waals surface area contributed by atoms with Crippen molar-refractivity contribution in [2.75, 3.05) is 19.8 Å². The van der Waals surface area contributed by atoms with Crippen LogP contribution in [0.2, 0.25) is 0 Å². The summed E-state index contributed by atoms with van der Waals surface area (Å²) in [6, 6.07) is -0.839. The van der Waals surface area contributed by atoms with Gasteiger partial charge in [0.05, 0.1) is 32.0 Å². The molecule has 0 saturated carbocycles. The van der Waals surface area contributed by atoms with Gasteiger partial charge in [-0.15, -0.1) is 0 Å². The molecule has 0 aromatic rings. The van der Waals surface area contributed by atoms with Crippen molar-refractivity contribution in [3.05, 3.63) is 36.5 Å². The lowest BCUT2D eigenvalue weighted by molar-refractivity contribution is -0.302. The normalized spacial score (nSPS) is 19.7. The maximum atomic E-state index is 13.0. The van der Waals surface area contributed by atoms with Crippen LogP contribution in [0.1, 0.15) is 251 Å². The summed E-state index contributed by atoms with van der Waals surface area (Å²) in [6.45, 7) is 4.27. The molecule has 0 spiro atoms. The van der Waals surface area contributed by atoms with Crippen LogP contribution in [0.25, 0.3) is 0 Å². The minimum absolute atomic E-state index is 0.0223. The lowest BCUT2D eigenvalue weighted by Crippen LogP contribution is -2.60. The number of carbonyl (C=O) groups is 2. The van der Waals surface area contributed by atoms with Gasteiger partial charge in [-0.3, -0.25) is 9.59 Å². The van der Waals surface area contributed by atoms with Crippen LogP contribution in [-0.2, 0) is 23.8 Å². The van der Waals surface area contributed by atoms with Crippen molar-refractivity contribution < 1.29 is 49.3 Å². The van der Waals surface area contributed by atoms with Crippen LogP contribution in [0.15, 0.2) is 36.5 Å². The molecule has 0 radical (unpaired) electrons. The highest BCUT2D eigenvalue weighted by Gasteiger charge is 2.44. The number of carbonyl (C=O) groups excluding carboxylic acids is 2. The van der Waals surface area contributed by atoms with Crippen LogP contribution in [0.5, 0.6) is 0 Å². The van der Waals surface area contributed by atoms with Crippen LogP contribution >= 0.6 is 0 Å². The van der Waals surface area contributed by atoms with Crippen molar-refractivity contribution in [2.24, 2.45) is 0 Å². The molecule has 7 unspecified atom stereocenters. The smallest absolute Gasteiger partial charge is 0.305 e. The second-order valence-corrected chi connectivity index (χ2v) is 19.6. The number of esters is 1. The average molecular weight is 964 g/mol. The van der Waals surface area contributed by atoms with E-state index in [1.165, 1.54) is 135 Å². The highest BCUT2D eigenvalue weighted by molar-refractivity contribution is 5.76. The minimum atomic E-state index is -1.58. The quantitative estimate of drug-likeness (QED) is 0.0196. The molecule has 1 rings (SSSR count). The first-order valence-electron chi connectivity index (χ1n) is 28.3. The van der Waals surface area contributed by atoms with E-state index in [1.807, 2.05) is 6.08 Å². The van der Waals surface area contributed by atoms with Crippen molar-refractivity contribution in [1.82, 2.24) is 5.32 Å². The SMILES string of the molecule is CCCCCCCCC/C=C/CC/C=C/C(O)C(COC1OC(CO)C(O)C(O)C1O)NC(=O)CCCCCCC/C=C\CCCCCCCCCOC(=O)CCCCCCCCCCCCC. The molecule has 6 N–H and O–H groups in total. The van der Waals surface area contributed by atoms with E-state index < -0.39 is 49.5 Å². The van der Waals surface area contributed by atoms with Crippen molar-refractivity contribution >= 4 is 11.9 Å². The first-order valence-corrected chi connectivity index (χ1v) is 28.3. The molecule has 11 heteroatoms. The van der Waals surface area contributed by atoms with Crippen LogP contribution in [0, 0.1) is 0 Å². The van der Waals surface area contributed by atoms with Crippen molar-refractivity contribution in [3.8, 4) is 0 Å². The van der Waals surface area contributed by atoms with E-state index in [-0.39, 0.29) is 18.5 Å². The van der Waals surface area contributed by atoms with Crippen molar-refractivity contribution in [3.63, 3.8) is 0 Å². The Kier molecular flexibility index (Phi) is 44.4. The van der Waals surface area contributed by atoms with Gasteiger partial charge in [-0.05, 0) is 70.6 Å². The molecule has 1 aliphatic rings. The summed E-state index contributed by atoms with van der Waals surface area (Å²) in [5.41, 5.74) is 0. The molecular formula is C57H105NO10. The van der Waals surface area contributed by atoms with Gasteiger partial charge in [0.1, 0.15) is 24.4 Å². The van der Waals surface area contributed by atoms with Crippen molar-refractivity contribution in [1.29, 1.82) is 0 Å². The van der Waals surface area contributed by atoms with E-state index in [0.717, 1.165) is 89.9 Å². The number of aliphatic hydroxyl groups excluding tert-OH is 5. The first kappa shape index (κ1) is 63.9. The van der Waals surface area contributed by atoms with E-state index in [2.05, 4.69) is 43.5 Å². The Hall–Kier alpha value is -2.12. The third kappa shape index (κ3) is 36.8. The molecule has 1 fully saturated rings. The summed E-state index contributed by atoms with van der Waals surface area (Å²) >= 11 is 0. The summed E-state index contributed by atoms with van der Waals surface area (Å²) in [6.07, 6.45) is 46.5. The minimum Gasteiger partial charge on any atom is -0.466 e. The fourth-order valence-corrected chi connectivity index (χ4v) is 8.68. The zero-order valence-corrected chi connectivity index (χ0v) is 43.6. The molecule has 68 heavy (non-hydrogen) atoms. The Morgan fingerprint density at radius 2 is 0.956 bits per heavy atom. The van der Waals surface area contributed by atoms with Gasteiger partial charge in [0.2, 0.25) is 5.91 Å². The van der Waals surface area contributed by atoms with Crippen LogP contribution < -0.4 is 5.32 Å². The molecular weight excluding hydrogens is 859 g/mol. The van der Waals surface area contributed by atoms with Crippen LogP contribution in [0.4, 0.5) is 0 Å². The third-order valence-electron chi connectivity index (χ3n) is 13.2. The zero-order chi connectivity index (χ0) is 49.6. The molecule has 1 amide bonds. The molecule has 0 bridgehead atoms. The average Bonchev–Trinajstić information content (AvgIpc) is 3.33. The highest BCUT2D eigenvalue weighted by Crippen LogP contribution is 2.23. The predicted molar refractivity (Wildman–Crippen MR) is 278 cm³/mol. The number of hydrogen-bond acceptors (Lipinski definition) is 10. The van der Waals surface area contributed by atoms with Gasteiger partial charge in [0, 0.05) is 12.8 Å². The third-order valence-corrected chi connectivity index (χ3v) is 13.2. The molecule has 1 saturated heterocycles. The van der Waals surface area contributed by atoms with E-state index >= 15 is 0 Å². The monoisotopic (exact) mass is 964 g/mol. The van der Waals surface area contributed by atoms with E-state index in [1.54, 1.807) is 6.08 Å². The second-order valence-electron chi connectivity index (χ2n) is 19.6. The number of amides is 1. The van der Waals surface area contributed by atoms with Crippen LogP contribution in [-0.4, -0.2) is 100 Å². The summed E-state index contributed by atoms with van der Waals surface area (Å²) in [5, 5.41) is 54.3. The molecule has 1 heterocycles. The second kappa shape index (κ2) is 47.2. The van der Waals surface area contributed by atoms with Gasteiger partial charge < -0.3 is 45.1 Å². The van der Waals surface area contributed by atoms with Gasteiger partial charge in [-0.25, -0.2) is 0 Å². The fourth-order valence-electron chi connectivity index (χ4n) is 8.68. The fraction of sp³-hybridized carbons (Fsp3) is 0.860. The molecule has 7 atom stereocenters. The van der Waals surface area contributed by atoms with Crippen LogP contribution in [0.3, 0.4) is 0 Å². The molecule has 0 aromatic carbocycles. The first-order chi connectivity index (χ1) is 33.2. The van der Waals surface area contributed by atoms with Gasteiger partial charge in [0.25, 0.3) is 0 Å². The Balaban J connectivity index is 2.17. The number of allylic oxidation sites excluding steroid dienone is 5. The summed E-state index contributed by atoms with van der Waals surface area (Å²) < 4.78 is 16.7. The largest absolute Gasteiger partial charge is 0.466 e. The number of nitrogens with one attached hydrogen (secondary N) is 1. The number of hydrogen-bond donors (Lipinski definition) is 6. The summed E-state index contributed by atoms with van der Waals surface area (Å²) in [7, 11) is 0. The number of ether oxygens (including phenoxy) is 3. The van der Waals surface area contributed by atoms with E-state index in [0.29, 0.717) is 19.4 Å². The Morgan fingerprint density at radius 3 is 1.46 bits per heavy atom. The van der Waals surface area contributed by atoms with Crippen molar-refractivity contribution in [2.45, 2.75) is 294 Å². The molecule has 0 aromatic heterocycles. The number of unbranched alkanes of at least 4 members (excludes halogenated alkanes) is 30. The van der Waals surface area contributed by atoms with Gasteiger partial charge in [0.15, 0.2) is 6.29 Å². The zero-order valence-electron chi connectivity index (χ0n) is 43.6. The molecule has 0 aliphatic carbocycles. The number of rotatable bonds is 48. The van der Waals surface area contributed by atoms with E-state index in [4.69, 9.17) is 14.2 Å². The van der Waals surface area contributed by atoms with E-state index in [9.17, 15) is 35.1 Å². The Labute approximate surface area is 415 Å². The Morgan fingerprint density at radius 1 is 0.529 bits per heavy atom. The summed E-state index contributed by atoms with van der Waals surface area (Å²) in [5.74, 6) is -0.232. The highest BCUT2D eigenvalue weighted by atomic mass is 16.7. The topological polar surface area (TPSA) is 175 Å². The standard InChI is InChI=1S/C57H105NO10/c1-3-5-7-9-11-13-15-20-24-27-31-35-39-43-50(60)49(48-67-57-56(65)55(64)54(63)51(47-59)68-57)58-52(61)44-40-36-32-28-25-21-18-16-17-19-22-26-30-34-38-42-46-66-53(62)45-41-37-33-29-23-14-12-10-8-6-4-2/h16,18,24,27,39,43,49-51,54-57,59-60,63-65H,3-15,17,19-23,25-26,28-38,40-42,44-48H2,1-2H3,(H,58,61)/b18-16-,27-24+,43-39+. The van der Waals surface area contributed by atoms with Gasteiger partial charge >= 0.3 is 5.97 Å². The lowest BCUT2D eigenvalue weighted by atomic mass is 9.99. The molecule has 1 aliphatic heterocycles.